The van der Waals surface area contributed by atoms with Crippen LogP contribution in [0.25, 0.3) is 10.9 Å². The quantitative estimate of drug-likeness (QED) is 0.611. The fourth-order valence-electron chi connectivity index (χ4n) is 2.86. The van der Waals surface area contributed by atoms with Crippen molar-refractivity contribution >= 4 is 16.8 Å². The highest BCUT2D eigenvalue weighted by molar-refractivity contribution is 5.92. The number of benzene rings is 1. The first kappa shape index (κ1) is 16.3. The van der Waals surface area contributed by atoms with E-state index in [0.29, 0.717) is 5.69 Å². The highest BCUT2D eigenvalue weighted by Gasteiger charge is 2.10. The first-order valence-corrected chi connectivity index (χ1v) is 8.21. The number of carbonyl (C=O) groups is 1. The molecule has 0 spiro atoms. The summed E-state index contributed by atoms with van der Waals surface area (Å²) in [7, 11) is 3.51. The third-order valence-corrected chi connectivity index (χ3v) is 4.19. The summed E-state index contributed by atoms with van der Waals surface area (Å²) in [6, 6.07) is 10.3. The van der Waals surface area contributed by atoms with Crippen molar-refractivity contribution in [3.8, 4) is 0 Å². The molecular weight excluding hydrogens is 300 g/mol. The lowest BCUT2D eigenvalue weighted by atomic mass is 10.1. The number of nitrogens with one attached hydrogen (secondary N) is 3. The van der Waals surface area contributed by atoms with Crippen LogP contribution in [-0.2, 0) is 13.0 Å². The van der Waals surface area contributed by atoms with Gasteiger partial charge in [0.05, 0.1) is 0 Å². The molecule has 0 aliphatic carbocycles. The highest BCUT2D eigenvalue weighted by Crippen LogP contribution is 2.19. The van der Waals surface area contributed by atoms with Gasteiger partial charge >= 0.3 is 0 Å². The molecular formula is C19H24N4O. The summed E-state index contributed by atoms with van der Waals surface area (Å²) in [5.41, 5.74) is 5.44. The molecule has 3 N–H and O–H groups in total. The van der Waals surface area contributed by atoms with Crippen molar-refractivity contribution in [1.29, 1.82) is 0 Å². The first-order chi connectivity index (χ1) is 11.5. The summed E-state index contributed by atoms with van der Waals surface area (Å²) in [6.45, 7) is 3.71. The van der Waals surface area contributed by atoms with Crippen LogP contribution in [0.3, 0.4) is 0 Å². The van der Waals surface area contributed by atoms with Crippen LogP contribution in [0.4, 0.5) is 0 Å². The van der Waals surface area contributed by atoms with Crippen molar-refractivity contribution in [3.05, 3.63) is 59.0 Å². The number of aromatic amines is 2. The molecule has 1 aromatic carbocycles. The second-order valence-corrected chi connectivity index (χ2v) is 6.39. The molecule has 5 nitrogen and oxygen atoms in total. The van der Waals surface area contributed by atoms with Gasteiger partial charge in [0.2, 0.25) is 0 Å². The average molecular weight is 324 g/mol. The van der Waals surface area contributed by atoms with Crippen molar-refractivity contribution in [2.75, 3.05) is 20.6 Å². The number of H-pyrrole nitrogens is 2. The number of aromatic nitrogens is 2. The third kappa shape index (κ3) is 3.51. The molecule has 3 aromatic rings. The minimum absolute atomic E-state index is 0.00432. The van der Waals surface area contributed by atoms with Crippen LogP contribution in [0, 0.1) is 6.92 Å². The lowest BCUT2D eigenvalue weighted by molar-refractivity contribution is 0.0822. The molecule has 2 heterocycles. The zero-order valence-corrected chi connectivity index (χ0v) is 14.4. The number of amides is 1. The monoisotopic (exact) mass is 324 g/mol. The van der Waals surface area contributed by atoms with Crippen LogP contribution in [0.2, 0.25) is 0 Å². The largest absolute Gasteiger partial charge is 0.361 e. The van der Waals surface area contributed by atoms with Gasteiger partial charge in [0.1, 0.15) is 5.69 Å². The van der Waals surface area contributed by atoms with E-state index in [1.165, 1.54) is 22.0 Å². The van der Waals surface area contributed by atoms with Crippen LogP contribution >= 0.6 is 0 Å². The minimum Gasteiger partial charge on any atom is -0.361 e. The Bertz CT molecular complexity index is 844. The fraction of sp³-hybridized carbons (Fsp3) is 0.316. The second-order valence-electron chi connectivity index (χ2n) is 6.39. The molecule has 24 heavy (non-hydrogen) atoms. The molecule has 126 valence electrons. The second kappa shape index (κ2) is 6.93. The number of rotatable bonds is 6. The third-order valence-electron chi connectivity index (χ3n) is 4.19. The standard InChI is InChI=1S/C19H24N4O/c1-13-4-6-16-14(11-21-18(16)10-13)8-9-20-12-15-5-7-17(22-15)19(24)23(2)3/h4-7,10-11,20-22H,8-9,12H2,1-3H3. The van der Waals surface area contributed by atoms with E-state index < -0.39 is 0 Å². The lowest BCUT2D eigenvalue weighted by Gasteiger charge is -2.08. The van der Waals surface area contributed by atoms with Crippen LogP contribution in [-0.4, -0.2) is 41.4 Å². The van der Waals surface area contributed by atoms with Gasteiger partial charge in [-0.3, -0.25) is 4.79 Å². The van der Waals surface area contributed by atoms with Crippen LogP contribution in [0.1, 0.15) is 27.3 Å². The van der Waals surface area contributed by atoms with Gasteiger partial charge in [-0.25, -0.2) is 0 Å². The summed E-state index contributed by atoms with van der Waals surface area (Å²) < 4.78 is 0. The Balaban J connectivity index is 1.52. The van der Waals surface area contributed by atoms with Gasteiger partial charge in [0, 0.05) is 43.4 Å². The van der Waals surface area contributed by atoms with E-state index in [-0.39, 0.29) is 5.91 Å². The normalized spacial score (nSPS) is 11.1. The van der Waals surface area contributed by atoms with Gasteiger partial charge in [-0.05, 0) is 49.2 Å². The molecule has 0 bridgehead atoms. The number of hydrogen-bond donors (Lipinski definition) is 3. The minimum atomic E-state index is -0.00432. The molecule has 0 saturated carbocycles. The first-order valence-electron chi connectivity index (χ1n) is 8.21. The van der Waals surface area contributed by atoms with Gasteiger partial charge < -0.3 is 20.2 Å². The van der Waals surface area contributed by atoms with E-state index >= 15 is 0 Å². The van der Waals surface area contributed by atoms with E-state index in [9.17, 15) is 4.79 Å². The van der Waals surface area contributed by atoms with E-state index in [1.807, 2.05) is 12.1 Å². The van der Waals surface area contributed by atoms with E-state index in [4.69, 9.17) is 0 Å². The number of hydrogen-bond acceptors (Lipinski definition) is 2. The van der Waals surface area contributed by atoms with Crippen LogP contribution in [0.15, 0.2) is 36.5 Å². The molecule has 3 rings (SSSR count). The van der Waals surface area contributed by atoms with Crippen LogP contribution in [0.5, 0.6) is 0 Å². The molecule has 0 aliphatic heterocycles. The summed E-state index contributed by atoms with van der Waals surface area (Å²) in [6.07, 6.45) is 3.06. The van der Waals surface area contributed by atoms with Crippen molar-refractivity contribution in [1.82, 2.24) is 20.2 Å². The van der Waals surface area contributed by atoms with Gasteiger partial charge in [-0.15, -0.1) is 0 Å². The predicted octanol–water partition coefficient (Wildman–Crippen LogP) is 2.84. The topological polar surface area (TPSA) is 63.9 Å². The lowest BCUT2D eigenvalue weighted by Crippen LogP contribution is -2.22. The smallest absolute Gasteiger partial charge is 0.269 e. The number of nitrogens with zero attached hydrogens (tertiary/aromatic N) is 1. The number of aryl methyl sites for hydroxylation is 1. The average Bonchev–Trinajstić information content (AvgIpc) is 3.17. The molecule has 0 fully saturated rings. The Hall–Kier alpha value is -2.53. The number of carbonyl (C=O) groups excluding carboxylic acids is 1. The molecule has 5 heteroatoms. The molecule has 1 amide bonds. The fourth-order valence-corrected chi connectivity index (χ4v) is 2.86. The Morgan fingerprint density at radius 2 is 2.04 bits per heavy atom. The van der Waals surface area contributed by atoms with E-state index in [2.05, 4.69) is 46.6 Å². The molecule has 2 aromatic heterocycles. The van der Waals surface area contributed by atoms with Crippen molar-refractivity contribution in [3.63, 3.8) is 0 Å². The van der Waals surface area contributed by atoms with E-state index in [0.717, 1.165) is 25.2 Å². The summed E-state index contributed by atoms with van der Waals surface area (Å²) in [5.74, 6) is -0.00432. The summed E-state index contributed by atoms with van der Waals surface area (Å²) in [4.78, 5) is 19.9. The molecule has 0 aliphatic rings. The van der Waals surface area contributed by atoms with Gasteiger partial charge in [-0.1, -0.05) is 12.1 Å². The zero-order chi connectivity index (χ0) is 17.1. The predicted molar refractivity (Wildman–Crippen MR) is 97.3 cm³/mol. The highest BCUT2D eigenvalue weighted by atomic mass is 16.2. The summed E-state index contributed by atoms with van der Waals surface area (Å²) in [5, 5.41) is 4.72. The van der Waals surface area contributed by atoms with E-state index in [1.54, 1.807) is 19.0 Å². The molecule has 0 atom stereocenters. The SMILES string of the molecule is Cc1ccc2c(CCNCc3ccc(C(=O)N(C)C)[nH]3)c[nH]c2c1. The Labute approximate surface area is 142 Å². The Kier molecular flexibility index (Phi) is 4.71. The molecule has 0 unspecified atom stereocenters. The maximum atomic E-state index is 11.9. The Morgan fingerprint density at radius 3 is 2.83 bits per heavy atom. The summed E-state index contributed by atoms with van der Waals surface area (Å²) >= 11 is 0. The van der Waals surface area contributed by atoms with Crippen LogP contribution < -0.4 is 5.32 Å². The zero-order valence-electron chi connectivity index (χ0n) is 14.4. The van der Waals surface area contributed by atoms with Gasteiger partial charge in [0.15, 0.2) is 0 Å². The Morgan fingerprint density at radius 1 is 1.21 bits per heavy atom. The van der Waals surface area contributed by atoms with Gasteiger partial charge in [0.25, 0.3) is 5.91 Å². The van der Waals surface area contributed by atoms with Gasteiger partial charge in [-0.2, -0.15) is 0 Å². The van der Waals surface area contributed by atoms with Crippen molar-refractivity contribution in [2.45, 2.75) is 19.9 Å². The maximum Gasteiger partial charge on any atom is 0.269 e. The van der Waals surface area contributed by atoms with Crippen molar-refractivity contribution < 1.29 is 4.79 Å². The molecule has 0 saturated heterocycles. The van der Waals surface area contributed by atoms with Crippen molar-refractivity contribution in [2.24, 2.45) is 0 Å². The number of fused-ring (bicyclic) bond motifs is 1. The molecule has 0 radical (unpaired) electrons. The maximum absolute atomic E-state index is 11.9.